The number of rotatable bonds is 12. The molecule has 0 saturated carbocycles. The van der Waals surface area contributed by atoms with E-state index in [1.165, 1.54) is 17.8 Å². The predicted molar refractivity (Wildman–Crippen MR) is 160 cm³/mol. The quantitative estimate of drug-likeness (QED) is 0.165. The summed E-state index contributed by atoms with van der Waals surface area (Å²) in [5.41, 5.74) is -1.04. The van der Waals surface area contributed by atoms with Gasteiger partial charge in [0.1, 0.15) is 29.3 Å². The number of anilines is 1. The highest BCUT2D eigenvalue weighted by Crippen LogP contribution is 2.49. The van der Waals surface area contributed by atoms with Gasteiger partial charge >= 0.3 is 13.7 Å². The number of carbonyl (C=O) groups excluding carboxylic acids is 1. The number of nitrogens with one attached hydrogen (secondary N) is 1. The molecule has 2 saturated heterocycles. The maximum atomic E-state index is 15.9. The van der Waals surface area contributed by atoms with Gasteiger partial charge in [-0.05, 0) is 52.7 Å². The Labute approximate surface area is 259 Å². The maximum absolute atomic E-state index is 15.9. The van der Waals surface area contributed by atoms with Crippen LogP contribution in [0.5, 0.6) is 5.75 Å². The van der Waals surface area contributed by atoms with Crippen LogP contribution in [-0.2, 0) is 23.4 Å². The molecule has 0 bridgehead atoms. The summed E-state index contributed by atoms with van der Waals surface area (Å²) in [7, 11) is -4.36. The van der Waals surface area contributed by atoms with Crippen LogP contribution >= 0.6 is 19.3 Å². The molecule has 3 aromatic rings. The molecule has 0 aliphatic carbocycles. The molecule has 6 atom stereocenters. The average molecular weight is 655 g/mol. The lowest BCUT2D eigenvalue weighted by Crippen LogP contribution is -2.48. The van der Waals surface area contributed by atoms with Crippen molar-refractivity contribution in [1.82, 2.24) is 24.6 Å². The molecular formula is C28H37ClFN6O7P. The molecule has 0 amide bonds. The Morgan fingerprint density at radius 2 is 1.95 bits per heavy atom. The third-order valence-corrected chi connectivity index (χ3v) is 9.47. The number of ether oxygens (including phenoxy) is 2. The molecule has 5 rings (SSSR count). The zero-order valence-electron chi connectivity index (χ0n) is 24.9. The number of hydrogen-bond donors (Lipinski definition) is 2. The Morgan fingerprint density at radius 1 is 1.25 bits per heavy atom. The molecular weight excluding hydrogens is 618 g/mol. The molecule has 240 valence electrons. The number of halogens is 2. The molecule has 2 fully saturated rings. The van der Waals surface area contributed by atoms with E-state index in [2.05, 4.69) is 24.9 Å². The number of nitrogens with zero attached hydrogens (tertiary/aromatic N) is 5. The van der Waals surface area contributed by atoms with E-state index in [1.807, 2.05) is 0 Å². The van der Waals surface area contributed by atoms with Crippen LogP contribution < -0.4 is 14.5 Å². The van der Waals surface area contributed by atoms with Gasteiger partial charge in [-0.15, -0.1) is 11.6 Å². The Bertz CT molecular complexity index is 1510. The van der Waals surface area contributed by atoms with Gasteiger partial charge in [0.05, 0.1) is 24.9 Å². The predicted octanol–water partition coefficient (Wildman–Crippen LogP) is 4.07. The molecule has 13 nitrogen and oxygen atoms in total. The Kier molecular flexibility index (Phi) is 9.78. The molecule has 2 N–H and O–H groups in total. The number of aromatic nitrogens is 4. The van der Waals surface area contributed by atoms with Crippen molar-refractivity contribution >= 4 is 42.3 Å². The summed E-state index contributed by atoms with van der Waals surface area (Å²) in [4.78, 5) is 28.1. The van der Waals surface area contributed by atoms with Crippen LogP contribution in [0.25, 0.3) is 11.2 Å². The molecule has 0 unspecified atom stereocenters. The minimum Gasteiger partial charge on any atom is -0.462 e. The number of carbonyl (C=O) groups is 1. The fourth-order valence-corrected chi connectivity index (χ4v) is 7.02. The fraction of sp³-hybridized carbons (Fsp3) is 0.571. The number of aryl methyl sites for hydroxylation is 1. The lowest BCUT2D eigenvalue weighted by atomic mass is 9.99. The average Bonchev–Trinajstić information content (AvgIpc) is 3.72. The lowest BCUT2D eigenvalue weighted by molar-refractivity contribution is -0.149. The summed E-state index contributed by atoms with van der Waals surface area (Å²) in [5.74, 6) is 0.180. The number of fused-ring (bicyclic) bond motifs is 1. The number of aliphatic hydroxyl groups is 1. The maximum Gasteiger partial charge on any atom is 0.459 e. The first-order valence-electron chi connectivity index (χ1n) is 14.4. The summed E-state index contributed by atoms with van der Waals surface area (Å²) in [6.07, 6.45) is -2.14. The third-order valence-electron chi connectivity index (χ3n) is 7.39. The first kappa shape index (κ1) is 32.5. The molecule has 2 aliphatic heterocycles. The highest BCUT2D eigenvalue weighted by Gasteiger charge is 2.57. The van der Waals surface area contributed by atoms with E-state index < -0.39 is 62.5 Å². The molecule has 2 aromatic heterocycles. The van der Waals surface area contributed by atoms with Crippen molar-refractivity contribution in [2.45, 2.75) is 76.8 Å². The van der Waals surface area contributed by atoms with E-state index in [9.17, 15) is 14.5 Å². The smallest absolute Gasteiger partial charge is 0.459 e. The Hall–Kier alpha value is -2.87. The number of para-hydroxylation sites is 1. The number of alkyl halides is 2. The van der Waals surface area contributed by atoms with Crippen molar-refractivity contribution in [1.29, 1.82) is 0 Å². The van der Waals surface area contributed by atoms with Crippen LogP contribution in [0, 0.1) is 6.92 Å². The van der Waals surface area contributed by atoms with Crippen LogP contribution in [-0.4, -0.2) is 86.2 Å². The van der Waals surface area contributed by atoms with Gasteiger partial charge in [-0.25, -0.2) is 23.9 Å². The Morgan fingerprint density at radius 3 is 2.61 bits per heavy atom. The van der Waals surface area contributed by atoms with Crippen LogP contribution in [0.2, 0.25) is 0 Å². The van der Waals surface area contributed by atoms with E-state index in [0.717, 1.165) is 25.9 Å². The van der Waals surface area contributed by atoms with Crippen LogP contribution in [0.3, 0.4) is 0 Å². The van der Waals surface area contributed by atoms with E-state index in [1.54, 1.807) is 51.1 Å². The monoisotopic (exact) mass is 654 g/mol. The van der Waals surface area contributed by atoms with Gasteiger partial charge in [-0.1, -0.05) is 18.2 Å². The van der Waals surface area contributed by atoms with Crippen molar-refractivity contribution in [3.63, 3.8) is 0 Å². The van der Waals surface area contributed by atoms with Gasteiger partial charge in [0, 0.05) is 13.1 Å². The van der Waals surface area contributed by atoms with Gasteiger partial charge < -0.3 is 24.0 Å². The molecule has 0 radical (unpaired) electrons. The van der Waals surface area contributed by atoms with Crippen LogP contribution in [0.15, 0.2) is 36.7 Å². The van der Waals surface area contributed by atoms with Gasteiger partial charge in [0.2, 0.25) is 0 Å². The number of aliphatic hydroxyl groups excluding tert-OH is 1. The van der Waals surface area contributed by atoms with Gasteiger partial charge in [0.25, 0.3) is 0 Å². The van der Waals surface area contributed by atoms with E-state index >= 15 is 4.39 Å². The number of hydrogen-bond acceptors (Lipinski definition) is 11. The second-order valence-corrected chi connectivity index (χ2v) is 13.2. The third kappa shape index (κ3) is 6.70. The topological polar surface area (TPSA) is 150 Å². The summed E-state index contributed by atoms with van der Waals surface area (Å²) < 4.78 is 54.0. The molecule has 16 heteroatoms. The van der Waals surface area contributed by atoms with Crippen molar-refractivity contribution in [3.05, 3.63) is 42.5 Å². The standard InChI is InChI=1S/C28H37ClFN6O7P/c1-17(2)41-27(38)18(3)34-44(39,43-20-10-6-5-7-11-20)40-15-28(14-29)23(37)21(30)26(42-28)36-16-31-22-24(35-12-8-9-13-35)32-19(4)33-25(22)36/h5-7,10-11,16-18,21,23,26,37H,8-9,12-15H2,1-4H3,(H,34,39)/t18-,21-,23-,26+,28+,44-/m0/s1. The molecule has 4 heterocycles. The van der Waals surface area contributed by atoms with E-state index in [0.29, 0.717) is 22.8 Å². The highest BCUT2D eigenvalue weighted by atomic mass is 35.5. The second kappa shape index (κ2) is 13.2. The first-order chi connectivity index (χ1) is 20.9. The second-order valence-electron chi connectivity index (χ2n) is 11.2. The Balaban J connectivity index is 1.41. The fourth-order valence-electron chi connectivity index (χ4n) is 5.17. The SMILES string of the molecule is Cc1nc(N2CCCC2)c2ncn([C@@H]3O[C@](CCl)(CO[P@@](=O)(N[C@@H](C)C(=O)OC(C)C)Oc4ccccc4)[C@@H](O)[C@@H]3F)c2n1. The molecule has 44 heavy (non-hydrogen) atoms. The van der Waals surface area contributed by atoms with Crippen molar-refractivity contribution in [2.24, 2.45) is 0 Å². The van der Waals surface area contributed by atoms with Crippen molar-refractivity contribution in [2.75, 3.05) is 30.5 Å². The number of benzene rings is 1. The van der Waals surface area contributed by atoms with Crippen molar-refractivity contribution < 1.29 is 37.4 Å². The summed E-state index contributed by atoms with van der Waals surface area (Å²) >= 11 is 6.29. The minimum absolute atomic E-state index is 0.176. The molecule has 1 aromatic carbocycles. The summed E-state index contributed by atoms with van der Waals surface area (Å²) in [5, 5.41) is 13.7. The van der Waals surface area contributed by atoms with Crippen LogP contribution in [0.1, 0.15) is 45.7 Å². The lowest BCUT2D eigenvalue weighted by Gasteiger charge is -2.31. The zero-order valence-corrected chi connectivity index (χ0v) is 26.6. The number of imidazole rings is 1. The van der Waals surface area contributed by atoms with E-state index in [-0.39, 0.29) is 5.75 Å². The van der Waals surface area contributed by atoms with E-state index in [4.69, 9.17) is 30.1 Å². The van der Waals surface area contributed by atoms with Gasteiger partial charge in [0.15, 0.2) is 29.4 Å². The first-order valence-corrected chi connectivity index (χ1v) is 16.5. The van der Waals surface area contributed by atoms with Crippen LogP contribution in [0.4, 0.5) is 10.2 Å². The normalized spacial score (nSPS) is 25.8. The van der Waals surface area contributed by atoms with Gasteiger partial charge in [-0.3, -0.25) is 13.9 Å². The van der Waals surface area contributed by atoms with Gasteiger partial charge in [-0.2, -0.15) is 5.09 Å². The minimum atomic E-state index is -4.36. The molecule has 0 spiro atoms. The molecule has 2 aliphatic rings. The van der Waals surface area contributed by atoms with Crippen molar-refractivity contribution in [3.8, 4) is 5.75 Å². The summed E-state index contributed by atoms with van der Waals surface area (Å²) in [6.45, 7) is 7.52. The zero-order chi connectivity index (χ0) is 31.6. The highest BCUT2D eigenvalue weighted by molar-refractivity contribution is 7.52. The summed E-state index contributed by atoms with van der Waals surface area (Å²) in [6, 6.07) is 7.04. The number of esters is 1. The largest absolute Gasteiger partial charge is 0.462 e.